The summed E-state index contributed by atoms with van der Waals surface area (Å²) < 4.78 is 133. The zero-order valence-electron chi connectivity index (χ0n) is 26.4. The number of nitrogens with one attached hydrogen (secondary N) is 2. The van der Waals surface area contributed by atoms with Crippen LogP contribution in [0, 0.1) is 11.8 Å². The second kappa shape index (κ2) is 14.6. The quantitative estimate of drug-likeness (QED) is 0.195. The first-order valence-corrected chi connectivity index (χ1v) is 20.0. The third kappa shape index (κ3) is 10.2. The van der Waals surface area contributed by atoms with E-state index in [1.54, 1.807) is 12.1 Å². The SMILES string of the molecule is CS(=O)(=O)c1ccc(NCC#Cc2sc3c(NC4CCC(N5CCS(=O)(=O)CC5)CC4)cccc3c2CC(F)(F)F)c(OCC(F)(F)F)c1. The van der Waals surface area contributed by atoms with Crippen molar-refractivity contribution in [2.24, 2.45) is 0 Å². The van der Waals surface area contributed by atoms with Crippen LogP contribution in [0.2, 0.25) is 0 Å². The van der Waals surface area contributed by atoms with Crippen LogP contribution >= 0.6 is 11.3 Å². The maximum Gasteiger partial charge on any atom is 0.422 e. The molecule has 49 heavy (non-hydrogen) atoms. The highest BCUT2D eigenvalue weighted by Crippen LogP contribution is 2.40. The predicted octanol–water partition coefficient (Wildman–Crippen LogP) is 6.27. The van der Waals surface area contributed by atoms with Gasteiger partial charge in [-0.1, -0.05) is 24.0 Å². The van der Waals surface area contributed by atoms with Gasteiger partial charge < -0.3 is 15.4 Å². The van der Waals surface area contributed by atoms with Crippen molar-refractivity contribution in [1.29, 1.82) is 0 Å². The summed E-state index contributed by atoms with van der Waals surface area (Å²) >= 11 is 1.12. The molecule has 0 atom stereocenters. The molecule has 2 aliphatic rings. The van der Waals surface area contributed by atoms with Crippen LogP contribution in [-0.4, -0.2) is 90.2 Å². The Morgan fingerprint density at radius 3 is 2.31 bits per heavy atom. The highest BCUT2D eigenvalue weighted by molar-refractivity contribution is 7.91. The highest BCUT2D eigenvalue weighted by Gasteiger charge is 2.33. The van der Waals surface area contributed by atoms with Gasteiger partial charge in [0.2, 0.25) is 0 Å². The number of anilines is 2. The van der Waals surface area contributed by atoms with Crippen LogP contribution in [0.25, 0.3) is 10.1 Å². The Hall–Kier alpha value is -3.20. The Morgan fingerprint density at radius 1 is 0.980 bits per heavy atom. The lowest BCUT2D eigenvalue weighted by molar-refractivity contribution is -0.153. The molecule has 0 radical (unpaired) electrons. The number of halogens is 6. The number of alkyl halides is 6. The van der Waals surface area contributed by atoms with Crippen molar-refractivity contribution >= 4 is 52.5 Å². The fourth-order valence-corrected chi connectivity index (χ4v) is 9.12. The molecule has 0 unspecified atom stereocenters. The average Bonchev–Trinajstić information content (AvgIpc) is 3.34. The number of hydrogen-bond acceptors (Lipinski definition) is 9. The van der Waals surface area contributed by atoms with Crippen LogP contribution in [0.4, 0.5) is 37.7 Å². The molecule has 2 N–H and O–H groups in total. The first kappa shape index (κ1) is 37.1. The molecule has 2 fully saturated rings. The van der Waals surface area contributed by atoms with Crippen molar-refractivity contribution in [3.8, 4) is 17.6 Å². The number of sulfone groups is 2. The number of benzene rings is 2. The molecule has 1 saturated carbocycles. The standard InChI is InChI=1S/C32H35F6N3O5S3/c1-48(42,43)23-11-12-26(28(18-23)46-20-32(36,37)38)39-13-3-6-29-25(19-31(33,34)35)24-4-2-5-27(30(24)47-29)40-21-7-9-22(10-8-21)41-14-16-49(44,45)17-15-41/h2,4-5,11-12,18,21-22,39-40H,7-10,13-17,19-20H2,1H3. The molecular formula is C32H35F6N3O5S3. The van der Waals surface area contributed by atoms with Gasteiger partial charge in [-0.05, 0) is 54.8 Å². The number of rotatable bonds is 9. The molecular weight excluding hydrogens is 717 g/mol. The number of ether oxygens (including phenoxy) is 1. The van der Waals surface area contributed by atoms with E-state index in [1.165, 1.54) is 12.1 Å². The summed E-state index contributed by atoms with van der Waals surface area (Å²) in [6.45, 7) is -0.782. The lowest BCUT2D eigenvalue weighted by atomic mass is 9.90. The summed E-state index contributed by atoms with van der Waals surface area (Å²) in [5, 5.41) is 6.71. The summed E-state index contributed by atoms with van der Waals surface area (Å²) in [6.07, 6.45) is -6.09. The highest BCUT2D eigenvalue weighted by atomic mass is 32.2. The van der Waals surface area contributed by atoms with Crippen molar-refractivity contribution in [2.45, 2.75) is 61.4 Å². The maximum atomic E-state index is 13.7. The van der Waals surface area contributed by atoms with Gasteiger partial charge in [0.15, 0.2) is 26.3 Å². The monoisotopic (exact) mass is 751 g/mol. The molecule has 8 nitrogen and oxygen atoms in total. The second-order valence-corrected chi connectivity index (χ2v) is 17.6. The fourth-order valence-electron chi connectivity index (χ4n) is 6.08. The van der Waals surface area contributed by atoms with E-state index >= 15 is 0 Å². The minimum absolute atomic E-state index is 0.0270. The molecule has 0 bridgehead atoms. The van der Waals surface area contributed by atoms with E-state index in [9.17, 15) is 43.2 Å². The number of fused-ring (bicyclic) bond motifs is 1. The summed E-state index contributed by atoms with van der Waals surface area (Å²) in [6, 6.07) is 8.91. The minimum Gasteiger partial charge on any atom is -0.482 e. The average molecular weight is 752 g/mol. The Kier molecular flexibility index (Phi) is 11.0. The first-order chi connectivity index (χ1) is 22.9. The molecule has 17 heteroatoms. The molecule has 1 aliphatic carbocycles. The van der Waals surface area contributed by atoms with Gasteiger partial charge >= 0.3 is 12.4 Å². The fraction of sp³-hybridized carbons (Fsp3) is 0.500. The first-order valence-electron chi connectivity index (χ1n) is 15.5. The summed E-state index contributed by atoms with van der Waals surface area (Å²) in [4.78, 5) is 2.19. The Morgan fingerprint density at radius 2 is 1.67 bits per heavy atom. The predicted molar refractivity (Wildman–Crippen MR) is 178 cm³/mol. The molecule has 2 heterocycles. The molecule has 0 amide bonds. The summed E-state index contributed by atoms with van der Waals surface area (Å²) in [5.41, 5.74) is 0.755. The zero-order valence-corrected chi connectivity index (χ0v) is 28.8. The van der Waals surface area contributed by atoms with Gasteiger partial charge in [0.1, 0.15) is 5.75 Å². The molecule has 1 saturated heterocycles. The second-order valence-electron chi connectivity index (χ2n) is 12.2. The van der Waals surface area contributed by atoms with Crippen LogP contribution in [0.1, 0.15) is 36.1 Å². The van der Waals surface area contributed by atoms with E-state index in [0.717, 1.165) is 49.3 Å². The topological polar surface area (TPSA) is 105 Å². The van der Waals surface area contributed by atoms with Gasteiger partial charge in [-0.25, -0.2) is 16.8 Å². The van der Waals surface area contributed by atoms with Crippen molar-refractivity contribution < 1.29 is 47.9 Å². The lowest BCUT2D eigenvalue weighted by Gasteiger charge is -2.39. The molecule has 1 aliphatic heterocycles. The Labute approximate surface area is 285 Å². The van der Waals surface area contributed by atoms with Crippen molar-refractivity contribution in [3.63, 3.8) is 0 Å². The van der Waals surface area contributed by atoms with E-state index < -0.39 is 45.1 Å². The van der Waals surface area contributed by atoms with E-state index in [2.05, 4.69) is 27.4 Å². The van der Waals surface area contributed by atoms with Crippen molar-refractivity contribution in [1.82, 2.24) is 4.90 Å². The normalized spacial score (nSPS) is 20.4. The van der Waals surface area contributed by atoms with Gasteiger partial charge in [-0.3, -0.25) is 4.90 Å². The molecule has 5 rings (SSSR count). The Bertz CT molecular complexity index is 1930. The summed E-state index contributed by atoms with van der Waals surface area (Å²) in [7, 11) is -6.72. The van der Waals surface area contributed by atoms with Crippen LogP contribution in [-0.2, 0) is 26.1 Å². The van der Waals surface area contributed by atoms with Gasteiger partial charge in [0, 0.05) is 37.5 Å². The summed E-state index contributed by atoms with van der Waals surface area (Å²) in [5.74, 6) is 5.52. The van der Waals surface area contributed by atoms with Gasteiger partial charge in [0.05, 0.1) is 50.3 Å². The number of thiophene rings is 1. The largest absolute Gasteiger partial charge is 0.482 e. The van der Waals surface area contributed by atoms with Gasteiger partial charge in [0.25, 0.3) is 0 Å². The van der Waals surface area contributed by atoms with Crippen LogP contribution in [0.15, 0.2) is 41.3 Å². The molecule has 0 spiro atoms. The van der Waals surface area contributed by atoms with Crippen LogP contribution in [0.3, 0.4) is 0 Å². The number of hydrogen-bond donors (Lipinski definition) is 2. The Balaban J connectivity index is 1.32. The minimum atomic E-state index is -4.68. The van der Waals surface area contributed by atoms with E-state index in [4.69, 9.17) is 4.74 Å². The maximum absolute atomic E-state index is 13.7. The van der Waals surface area contributed by atoms with Gasteiger partial charge in [-0.15, -0.1) is 11.3 Å². The third-order valence-electron chi connectivity index (χ3n) is 8.49. The molecule has 268 valence electrons. The van der Waals surface area contributed by atoms with E-state index in [-0.39, 0.29) is 50.9 Å². The van der Waals surface area contributed by atoms with E-state index in [1.807, 2.05) is 6.07 Å². The molecule has 3 aromatic rings. The van der Waals surface area contributed by atoms with Crippen LogP contribution < -0.4 is 15.4 Å². The van der Waals surface area contributed by atoms with Crippen molar-refractivity contribution in [3.05, 3.63) is 46.8 Å². The lowest BCUT2D eigenvalue weighted by Crippen LogP contribution is -2.48. The van der Waals surface area contributed by atoms with Crippen LogP contribution in [0.5, 0.6) is 5.75 Å². The molecule has 2 aromatic carbocycles. The number of nitrogens with zero attached hydrogens (tertiary/aromatic N) is 1. The van der Waals surface area contributed by atoms with Crippen molar-refractivity contribution in [2.75, 3.05) is 54.6 Å². The third-order valence-corrected chi connectivity index (χ3v) is 12.4. The molecule has 1 aromatic heterocycles. The van der Waals surface area contributed by atoms with Gasteiger partial charge in [-0.2, -0.15) is 26.3 Å². The zero-order chi connectivity index (χ0) is 35.6. The smallest absolute Gasteiger partial charge is 0.422 e. The van der Waals surface area contributed by atoms with E-state index in [0.29, 0.717) is 34.9 Å².